The Bertz CT molecular complexity index is 711. The summed E-state index contributed by atoms with van der Waals surface area (Å²) in [5, 5.41) is 14.0. The number of aliphatic hydroxyl groups is 1. The lowest BCUT2D eigenvalue weighted by Gasteiger charge is -2.13. The predicted molar refractivity (Wildman–Crippen MR) is 81.3 cm³/mol. The molecule has 2 amide bonds. The fourth-order valence-electron chi connectivity index (χ4n) is 2.02. The van der Waals surface area contributed by atoms with Gasteiger partial charge >= 0.3 is 12.6 Å². The summed E-state index contributed by atoms with van der Waals surface area (Å²) in [5.74, 6) is -1.06. The van der Waals surface area contributed by atoms with Crippen LogP contribution >= 0.6 is 0 Å². The van der Waals surface area contributed by atoms with E-state index in [9.17, 15) is 23.1 Å². The van der Waals surface area contributed by atoms with Crippen LogP contribution in [0.25, 0.3) is 0 Å². The van der Waals surface area contributed by atoms with Crippen LogP contribution in [0.15, 0.2) is 42.5 Å². The molecule has 2 aromatic rings. The van der Waals surface area contributed by atoms with Gasteiger partial charge in [0.05, 0.1) is 12.3 Å². The van der Waals surface area contributed by atoms with Gasteiger partial charge in [-0.2, -0.15) is 8.78 Å². The molecular formula is C16H15F3N2O3. The van der Waals surface area contributed by atoms with Crippen molar-refractivity contribution in [1.29, 1.82) is 0 Å². The number of halogens is 3. The van der Waals surface area contributed by atoms with Gasteiger partial charge in [0.2, 0.25) is 0 Å². The van der Waals surface area contributed by atoms with Gasteiger partial charge in [-0.3, -0.25) is 0 Å². The third kappa shape index (κ3) is 4.88. The number of hydrogen-bond acceptors (Lipinski definition) is 3. The van der Waals surface area contributed by atoms with E-state index in [1.54, 1.807) is 24.3 Å². The largest absolute Gasteiger partial charge is 0.433 e. The maximum atomic E-state index is 13.2. The van der Waals surface area contributed by atoms with E-state index < -0.39 is 18.5 Å². The number of rotatable bonds is 6. The van der Waals surface area contributed by atoms with Crippen LogP contribution < -0.4 is 15.4 Å². The second-order valence-corrected chi connectivity index (χ2v) is 4.75. The normalized spacial score (nSPS) is 10.5. The fourth-order valence-corrected chi connectivity index (χ4v) is 2.02. The van der Waals surface area contributed by atoms with Crippen molar-refractivity contribution in [2.24, 2.45) is 0 Å². The van der Waals surface area contributed by atoms with Crippen LogP contribution in [0.4, 0.5) is 23.7 Å². The summed E-state index contributed by atoms with van der Waals surface area (Å²) in [7, 11) is 0. The number of carbonyl (C=O) groups excluding carboxylic acids is 1. The van der Waals surface area contributed by atoms with Gasteiger partial charge in [-0.1, -0.05) is 24.3 Å². The molecule has 0 atom stereocenters. The average molecular weight is 340 g/mol. The maximum absolute atomic E-state index is 13.2. The quantitative estimate of drug-likeness (QED) is 0.756. The van der Waals surface area contributed by atoms with E-state index in [1.165, 1.54) is 0 Å². The van der Waals surface area contributed by atoms with E-state index >= 15 is 0 Å². The van der Waals surface area contributed by atoms with Crippen molar-refractivity contribution in [2.45, 2.75) is 19.8 Å². The number of ether oxygens (including phenoxy) is 1. The molecule has 0 saturated heterocycles. The Labute approximate surface area is 136 Å². The zero-order valence-corrected chi connectivity index (χ0v) is 12.4. The minimum absolute atomic E-state index is 0.100. The molecule has 128 valence electrons. The zero-order valence-electron chi connectivity index (χ0n) is 12.4. The number of alkyl halides is 2. The van der Waals surface area contributed by atoms with Crippen molar-refractivity contribution in [2.75, 3.05) is 5.32 Å². The molecule has 3 N–H and O–H groups in total. The standard InChI is InChI=1S/C16H15F3N2O3/c17-12-5-6-14(24-15(18)19)13(7-12)21-16(23)20-8-10-3-1-2-4-11(10)9-22/h1-7,15,22H,8-9H2,(H2,20,21,23). The van der Waals surface area contributed by atoms with Crippen LogP contribution in [0, 0.1) is 5.82 Å². The van der Waals surface area contributed by atoms with Crippen LogP contribution in [-0.2, 0) is 13.2 Å². The van der Waals surface area contributed by atoms with Gasteiger partial charge in [0, 0.05) is 12.6 Å². The molecule has 0 radical (unpaired) electrons. The first-order valence-corrected chi connectivity index (χ1v) is 6.96. The summed E-state index contributed by atoms with van der Waals surface area (Å²) in [6, 6.07) is 9.00. The van der Waals surface area contributed by atoms with Crippen molar-refractivity contribution in [1.82, 2.24) is 5.32 Å². The van der Waals surface area contributed by atoms with Crippen LogP contribution in [0.5, 0.6) is 5.75 Å². The minimum Gasteiger partial charge on any atom is -0.433 e. The van der Waals surface area contributed by atoms with Crippen molar-refractivity contribution in [3.63, 3.8) is 0 Å². The second-order valence-electron chi connectivity index (χ2n) is 4.75. The molecule has 0 heterocycles. The Kier molecular flexibility index (Phi) is 6.02. The number of amides is 2. The SMILES string of the molecule is O=C(NCc1ccccc1CO)Nc1cc(F)ccc1OC(F)F. The number of hydrogen-bond donors (Lipinski definition) is 3. The van der Waals surface area contributed by atoms with Crippen LogP contribution in [0.1, 0.15) is 11.1 Å². The molecule has 0 aromatic heterocycles. The number of anilines is 1. The van der Waals surface area contributed by atoms with Gasteiger partial charge < -0.3 is 20.5 Å². The lowest BCUT2D eigenvalue weighted by Crippen LogP contribution is -2.29. The molecule has 0 aliphatic rings. The Morgan fingerprint density at radius 1 is 1.17 bits per heavy atom. The molecule has 0 aliphatic heterocycles. The van der Waals surface area contributed by atoms with Crippen molar-refractivity contribution < 1.29 is 27.8 Å². The maximum Gasteiger partial charge on any atom is 0.387 e. The molecule has 0 spiro atoms. The number of nitrogens with one attached hydrogen (secondary N) is 2. The Hall–Kier alpha value is -2.74. The second kappa shape index (κ2) is 8.21. The number of aliphatic hydroxyl groups excluding tert-OH is 1. The van der Waals surface area contributed by atoms with Gasteiger partial charge in [-0.05, 0) is 23.3 Å². The van der Waals surface area contributed by atoms with Gasteiger partial charge in [0.15, 0.2) is 0 Å². The molecule has 5 nitrogen and oxygen atoms in total. The highest BCUT2D eigenvalue weighted by Crippen LogP contribution is 2.26. The van der Waals surface area contributed by atoms with E-state index in [1.807, 2.05) is 0 Å². The summed E-state index contributed by atoms with van der Waals surface area (Å²) in [6.07, 6.45) is 0. The summed E-state index contributed by atoms with van der Waals surface area (Å²) < 4.78 is 42.1. The molecule has 0 saturated carbocycles. The smallest absolute Gasteiger partial charge is 0.387 e. The Morgan fingerprint density at radius 3 is 2.54 bits per heavy atom. The van der Waals surface area contributed by atoms with E-state index in [2.05, 4.69) is 15.4 Å². The topological polar surface area (TPSA) is 70.6 Å². The molecular weight excluding hydrogens is 325 g/mol. The van der Waals surface area contributed by atoms with E-state index in [4.69, 9.17) is 0 Å². The highest BCUT2D eigenvalue weighted by molar-refractivity contribution is 5.90. The first kappa shape index (κ1) is 17.6. The molecule has 8 heteroatoms. The number of urea groups is 1. The first-order chi connectivity index (χ1) is 11.5. The summed E-state index contributed by atoms with van der Waals surface area (Å²) in [5.41, 5.74) is 1.12. The first-order valence-electron chi connectivity index (χ1n) is 6.96. The van der Waals surface area contributed by atoms with Gasteiger partial charge in [-0.25, -0.2) is 9.18 Å². The van der Waals surface area contributed by atoms with Crippen molar-refractivity contribution >= 4 is 11.7 Å². The summed E-state index contributed by atoms with van der Waals surface area (Å²) in [4.78, 5) is 11.9. The zero-order chi connectivity index (χ0) is 17.5. The van der Waals surface area contributed by atoms with Gasteiger partial charge in [-0.15, -0.1) is 0 Å². The predicted octanol–water partition coefficient (Wildman–Crippen LogP) is 3.24. The molecule has 2 aromatic carbocycles. The van der Waals surface area contributed by atoms with Crippen molar-refractivity contribution in [3.05, 3.63) is 59.4 Å². The monoisotopic (exact) mass is 340 g/mol. The van der Waals surface area contributed by atoms with Crippen LogP contribution in [-0.4, -0.2) is 17.7 Å². The van der Waals surface area contributed by atoms with Crippen molar-refractivity contribution in [3.8, 4) is 5.75 Å². The van der Waals surface area contributed by atoms with Gasteiger partial charge in [0.1, 0.15) is 11.6 Å². The highest BCUT2D eigenvalue weighted by atomic mass is 19.3. The van der Waals surface area contributed by atoms with E-state index in [0.29, 0.717) is 11.1 Å². The molecule has 0 unspecified atom stereocenters. The van der Waals surface area contributed by atoms with Gasteiger partial charge in [0.25, 0.3) is 0 Å². The molecule has 0 aliphatic carbocycles. The third-order valence-electron chi connectivity index (χ3n) is 3.13. The van der Waals surface area contributed by atoms with Crippen LogP contribution in [0.2, 0.25) is 0 Å². The lowest BCUT2D eigenvalue weighted by molar-refractivity contribution is -0.0494. The Morgan fingerprint density at radius 2 is 1.88 bits per heavy atom. The summed E-state index contributed by atoms with van der Waals surface area (Å²) in [6.45, 7) is -3.19. The average Bonchev–Trinajstić information content (AvgIpc) is 2.55. The fraction of sp³-hybridized carbons (Fsp3) is 0.188. The Balaban J connectivity index is 2.03. The summed E-state index contributed by atoms with van der Waals surface area (Å²) >= 11 is 0. The highest BCUT2D eigenvalue weighted by Gasteiger charge is 2.13. The van der Waals surface area contributed by atoms with E-state index in [0.717, 1.165) is 18.2 Å². The molecule has 0 fully saturated rings. The molecule has 24 heavy (non-hydrogen) atoms. The number of carbonyl (C=O) groups is 1. The molecule has 2 rings (SSSR count). The lowest BCUT2D eigenvalue weighted by atomic mass is 10.1. The minimum atomic E-state index is -3.10. The van der Waals surface area contributed by atoms with E-state index in [-0.39, 0.29) is 24.6 Å². The van der Waals surface area contributed by atoms with Crippen LogP contribution in [0.3, 0.4) is 0 Å². The molecule has 0 bridgehead atoms. The third-order valence-corrected chi connectivity index (χ3v) is 3.13. The number of benzene rings is 2.